The number of hydrogen-bond acceptors (Lipinski definition) is 6. The first-order valence-electron chi connectivity index (χ1n) is 10.4. The molecule has 1 amide bonds. The van der Waals surface area contributed by atoms with Gasteiger partial charge in [-0.1, -0.05) is 48.5 Å². The molecule has 2 aromatic carbocycles. The third kappa shape index (κ3) is 6.03. The topological polar surface area (TPSA) is 100 Å². The normalized spacial score (nSPS) is 13.5. The molecule has 30 heavy (non-hydrogen) atoms. The first kappa shape index (κ1) is 22.2. The van der Waals surface area contributed by atoms with E-state index in [2.05, 4.69) is 34.9 Å². The number of amides is 1. The minimum atomic E-state index is -0.999. The highest BCUT2D eigenvalue weighted by Gasteiger charge is 2.28. The highest BCUT2D eigenvalue weighted by atomic mass is 16.6. The summed E-state index contributed by atoms with van der Waals surface area (Å²) in [7, 11) is 0. The van der Waals surface area contributed by atoms with Crippen molar-refractivity contribution in [1.29, 1.82) is 0 Å². The number of carbonyl (C=O) groups excluding carboxylic acids is 1. The lowest BCUT2D eigenvalue weighted by Crippen LogP contribution is -2.38. The summed E-state index contributed by atoms with van der Waals surface area (Å²) in [6.45, 7) is 1.16. The van der Waals surface area contributed by atoms with Crippen molar-refractivity contribution in [2.24, 2.45) is 0 Å². The zero-order valence-corrected chi connectivity index (χ0v) is 17.0. The predicted octanol–water partition coefficient (Wildman–Crippen LogP) is 2.57. The Morgan fingerprint density at radius 1 is 1.00 bits per heavy atom. The Balaban J connectivity index is 1.37. The summed E-state index contributed by atoms with van der Waals surface area (Å²) < 4.78 is 10.4. The van der Waals surface area contributed by atoms with Crippen molar-refractivity contribution in [3.63, 3.8) is 0 Å². The minimum Gasteiger partial charge on any atom is -0.445 e. The van der Waals surface area contributed by atoms with Crippen LogP contribution in [-0.4, -0.2) is 55.6 Å². The van der Waals surface area contributed by atoms with E-state index in [0.29, 0.717) is 13.2 Å². The largest absolute Gasteiger partial charge is 0.445 e. The molecule has 7 nitrogen and oxygen atoms in total. The standard InChI is InChI=1S/C23H30N2O5/c26-12-6-1-7-13-29-16-25-22(27)15-30-23(28)24-14-21-19-10-4-2-8-17(19)18-9-3-5-11-20(18)21/h2-5,8-11,21-22,25-27H,1,6-7,12-16H2,(H,24,28). The van der Waals surface area contributed by atoms with Crippen LogP contribution in [0.4, 0.5) is 4.79 Å². The average Bonchev–Trinajstić information content (AvgIpc) is 3.09. The molecule has 3 rings (SSSR count). The Morgan fingerprint density at radius 2 is 1.67 bits per heavy atom. The van der Waals surface area contributed by atoms with E-state index in [1.165, 1.54) is 22.3 Å². The molecule has 1 aliphatic rings. The summed E-state index contributed by atoms with van der Waals surface area (Å²) >= 11 is 0. The maximum Gasteiger partial charge on any atom is 0.407 e. The number of aliphatic hydroxyl groups is 2. The Labute approximate surface area is 177 Å². The number of hydrogen-bond donors (Lipinski definition) is 4. The lowest BCUT2D eigenvalue weighted by molar-refractivity contribution is 0.0124. The van der Waals surface area contributed by atoms with E-state index in [0.717, 1.165) is 19.3 Å². The van der Waals surface area contributed by atoms with Crippen molar-refractivity contribution in [2.45, 2.75) is 31.4 Å². The fraction of sp³-hybridized carbons (Fsp3) is 0.435. The molecule has 1 aliphatic carbocycles. The minimum absolute atomic E-state index is 0.0761. The highest BCUT2D eigenvalue weighted by Crippen LogP contribution is 2.43. The molecule has 4 N–H and O–H groups in total. The van der Waals surface area contributed by atoms with Gasteiger partial charge in [0.25, 0.3) is 0 Å². The van der Waals surface area contributed by atoms with Crippen LogP contribution in [0.1, 0.15) is 36.3 Å². The zero-order chi connectivity index (χ0) is 21.2. The van der Waals surface area contributed by atoms with Crippen LogP contribution in [-0.2, 0) is 9.47 Å². The van der Waals surface area contributed by atoms with Gasteiger partial charge < -0.3 is 25.0 Å². The van der Waals surface area contributed by atoms with Crippen molar-refractivity contribution in [1.82, 2.24) is 10.6 Å². The number of unbranched alkanes of at least 4 members (excludes halogenated alkanes) is 2. The average molecular weight is 415 g/mol. The van der Waals surface area contributed by atoms with Crippen molar-refractivity contribution in [2.75, 3.05) is 33.1 Å². The highest BCUT2D eigenvalue weighted by molar-refractivity contribution is 5.79. The summed E-state index contributed by atoms with van der Waals surface area (Å²) in [5, 5.41) is 24.1. The molecule has 0 spiro atoms. The van der Waals surface area contributed by atoms with Crippen LogP contribution < -0.4 is 10.6 Å². The van der Waals surface area contributed by atoms with Crippen LogP contribution >= 0.6 is 0 Å². The molecule has 0 aliphatic heterocycles. The molecule has 0 fully saturated rings. The maximum absolute atomic E-state index is 12.1. The maximum atomic E-state index is 12.1. The third-order valence-electron chi connectivity index (χ3n) is 5.15. The van der Waals surface area contributed by atoms with E-state index in [1.807, 2.05) is 24.3 Å². The van der Waals surface area contributed by atoms with Gasteiger partial charge in [-0.25, -0.2) is 4.79 Å². The monoisotopic (exact) mass is 414 g/mol. The molecule has 0 aromatic heterocycles. The summed E-state index contributed by atoms with van der Waals surface area (Å²) in [4.78, 5) is 12.1. The fourth-order valence-corrected chi connectivity index (χ4v) is 3.65. The van der Waals surface area contributed by atoms with E-state index >= 15 is 0 Å². The Morgan fingerprint density at radius 3 is 2.33 bits per heavy atom. The van der Waals surface area contributed by atoms with Gasteiger partial charge in [-0.3, -0.25) is 5.32 Å². The van der Waals surface area contributed by atoms with Gasteiger partial charge in [-0.2, -0.15) is 0 Å². The number of carbonyl (C=O) groups is 1. The van der Waals surface area contributed by atoms with Gasteiger partial charge in [0.05, 0.1) is 6.73 Å². The molecule has 1 unspecified atom stereocenters. The molecule has 0 radical (unpaired) electrons. The summed E-state index contributed by atoms with van der Waals surface area (Å²) in [6.07, 6.45) is 0.951. The van der Waals surface area contributed by atoms with Gasteiger partial charge in [0.15, 0.2) is 0 Å². The number of fused-ring (bicyclic) bond motifs is 3. The second-order valence-corrected chi connectivity index (χ2v) is 7.26. The number of nitrogens with one attached hydrogen (secondary N) is 2. The molecule has 0 bridgehead atoms. The molecule has 0 saturated carbocycles. The summed E-state index contributed by atoms with van der Waals surface area (Å²) in [5.74, 6) is 0.0761. The lowest BCUT2D eigenvalue weighted by atomic mass is 9.97. The van der Waals surface area contributed by atoms with Crippen molar-refractivity contribution in [3.8, 4) is 11.1 Å². The quantitative estimate of drug-likeness (QED) is 0.315. The molecule has 0 saturated heterocycles. The van der Waals surface area contributed by atoms with Crippen molar-refractivity contribution < 1.29 is 24.5 Å². The van der Waals surface area contributed by atoms with Crippen LogP contribution in [0.5, 0.6) is 0 Å². The van der Waals surface area contributed by atoms with Crippen molar-refractivity contribution >= 4 is 6.09 Å². The first-order chi connectivity index (χ1) is 14.7. The van der Waals surface area contributed by atoms with Crippen LogP contribution in [0, 0.1) is 0 Å². The van der Waals surface area contributed by atoms with Gasteiger partial charge in [-0.05, 0) is 41.5 Å². The number of benzene rings is 2. The summed E-state index contributed by atoms with van der Waals surface area (Å²) in [5.41, 5.74) is 4.78. The van der Waals surface area contributed by atoms with Crippen LogP contribution in [0.2, 0.25) is 0 Å². The smallest absolute Gasteiger partial charge is 0.407 e. The Hall–Kier alpha value is -2.45. The second-order valence-electron chi connectivity index (χ2n) is 7.26. The van der Waals surface area contributed by atoms with E-state index < -0.39 is 12.3 Å². The summed E-state index contributed by atoms with van der Waals surface area (Å²) in [6, 6.07) is 16.4. The molecule has 2 aromatic rings. The van der Waals surface area contributed by atoms with E-state index in [1.54, 1.807) is 0 Å². The van der Waals surface area contributed by atoms with Gasteiger partial charge in [0.1, 0.15) is 12.8 Å². The van der Waals surface area contributed by atoms with E-state index in [4.69, 9.17) is 14.6 Å². The van der Waals surface area contributed by atoms with Crippen molar-refractivity contribution in [3.05, 3.63) is 59.7 Å². The lowest BCUT2D eigenvalue weighted by Gasteiger charge is -2.16. The molecule has 1 atom stereocenters. The van der Waals surface area contributed by atoms with E-state index in [9.17, 15) is 9.90 Å². The third-order valence-corrected chi connectivity index (χ3v) is 5.15. The second kappa shape index (κ2) is 11.7. The molecule has 162 valence electrons. The number of rotatable bonds is 12. The van der Waals surface area contributed by atoms with E-state index in [-0.39, 0.29) is 25.9 Å². The predicted molar refractivity (Wildman–Crippen MR) is 114 cm³/mol. The van der Waals surface area contributed by atoms with Crippen LogP contribution in [0.25, 0.3) is 11.1 Å². The first-order valence-corrected chi connectivity index (χ1v) is 10.4. The molecule has 7 heteroatoms. The molecular weight excluding hydrogens is 384 g/mol. The van der Waals surface area contributed by atoms with Crippen LogP contribution in [0.15, 0.2) is 48.5 Å². The van der Waals surface area contributed by atoms with Gasteiger partial charge >= 0.3 is 6.09 Å². The molecular formula is C23H30N2O5. The van der Waals surface area contributed by atoms with Gasteiger partial charge in [0, 0.05) is 25.7 Å². The SMILES string of the molecule is O=C(NCC1c2ccccc2-c2ccccc21)OCC(O)NCOCCCCCO. The Bertz CT molecular complexity index is 768. The number of ether oxygens (including phenoxy) is 2. The molecule has 0 heterocycles. The Kier molecular flexibility index (Phi) is 8.65. The zero-order valence-electron chi connectivity index (χ0n) is 17.0. The van der Waals surface area contributed by atoms with Crippen LogP contribution in [0.3, 0.4) is 0 Å². The van der Waals surface area contributed by atoms with Gasteiger partial charge in [0.2, 0.25) is 0 Å². The number of aliphatic hydroxyl groups excluding tert-OH is 2. The number of alkyl carbamates (subject to hydrolysis) is 1. The fourth-order valence-electron chi connectivity index (χ4n) is 3.65. The van der Waals surface area contributed by atoms with Gasteiger partial charge in [-0.15, -0.1) is 0 Å².